The van der Waals surface area contributed by atoms with Crippen LogP contribution in [-0.4, -0.2) is 47.3 Å². The van der Waals surface area contributed by atoms with Crippen molar-refractivity contribution in [3.63, 3.8) is 0 Å². The SMILES string of the molecule is O=C(NC[C@H]1CCCCN1Cc1ccccc1)c1cccc(CN2CCCC2=O)c1. The molecule has 2 aromatic carbocycles. The second-order valence-electron chi connectivity index (χ2n) is 8.43. The number of carbonyl (C=O) groups is 2. The third-order valence-electron chi connectivity index (χ3n) is 6.21. The second kappa shape index (κ2) is 9.90. The number of nitrogens with one attached hydrogen (secondary N) is 1. The standard InChI is InChI=1S/C25H31N3O2/c29-24-13-7-15-28(24)19-21-10-6-11-22(16-21)25(30)26-17-23-12-4-5-14-27(23)18-20-8-2-1-3-9-20/h1-3,6,8-11,16,23H,4-5,7,12-15,17-19H2,(H,26,30)/t23-/m1/s1. The maximum atomic E-state index is 12.8. The molecule has 0 aliphatic carbocycles. The van der Waals surface area contributed by atoms with Crippen molar-refractivity contribution in [2.75, 3.05) is 19.6 Å². The summed E-state index contributed by atoms with van der Waals surface area (Å²) >= 11 is 0. The van der Waals surface area contributed by atoms with Crippen LogP contribution in [0.25, 0.3) is 0 Å². The monoisotopic (exact) mass is 405 g/mol. The number of amides is 2. The lowest BCUT2D eigenvalue weighted by molar-refractivity contribution is -0.128. The van der Waals surface area contributed by atoms with Crippen LogP contribution in [0.1, 0.15) is 53.6 Å². The van der Waals surface area contributed by atoms with Crippen LogP contribution in [0.3, 0.4) is 0 Å². The fraction of sp³-hybridized carbons (Fsp3) is 0.440. The maximum absolute atomic E-state index is 12.8. The molecule has 2 fully saturated rings. The molecule has 2 aromatic rings. The van der Waals surface area contributed by atoms with E-state index >= 15 is 0 Å². The van der Waals surface area contributed by atoms with E-state index in [-0.39, 0.29) is 11.8 Å². The minimum absolute atomic E-state index is 0.0326. The number of hydrogen-bond donors (Lipinski definition) is 1. The van der Waals surface area contributed by atoms with E-state index in [0.717, 1.165) is 38.0 Å². The normalized spacial score (nSPS) is 19.8. The number of nitrogens with zero attached hydrogens (tertiary/aromatic N) is 2. The zero-order valence-electron chi connectivity index (χ0n) is 17.6. The molecule has 2 heterocycles. The Kier molecular flexibility index (Phi) is 6.80. The van der Waals surface area contributed by atoms with Gasteiger partial charge in [0, 0.05) is 44.2 Å². The van der Waals surface area contributed by atoms with E-state index < -0.39 is 0 Å². The Morgan fingerprint density at radius 2 is 1.77 bits per heavy atom. The van der Waals surface area contributed by atoms with Crippen LogP contribution in [0.4, 0.5) is 0 Å². The first-order valence-corrected chi connectivity index (χ1v) is 11.1. The van der Waals surface area contributed by atoms with Crippen molar-refractivity contribution in [1.29, 1.82) is 0 Å². The van der Waals surface area contributed by atoms with Crippen molar-refractivity contribution < 1.29 is 9.59 Å². The summed E-state index contributed by atoms with van der Waals surface area (Å²) in [4.78, 5) is 29.0. The Balaban J connectivity index is 1.34. The molecule has 0 unspecified atom stereocenters. The van der Waals surface area contributed by atoms with Gasteiger partial charge in [-0.25, -0.2) is 0 Å². The Morgan fingerprint density at radius 1 is 0.933 bits per heavy atom. The molecule has 30 heavy (non-hydrogen) atoms. The Labute approximate surface area is 179 Å². The molecule has 2 saturated heterocycles. The first-order valence-electron chi connectivity index (χ1n) is 11.1. The summed E-state index contributed by atoms with van der Waals surface area (Å²) in [5.41, 5.74) is 3.01. The summed E-state index contributed by atoms with van der Waals surface area (Å²) in [5.74, 6) is 0.176. The van der Waals surface area contributed by atoms with Gasteiger partial charge in [-0.15, -0.1) is 0 Å². The van der Waals surface area contributed by atoms with Gasteiger partial charge in [-0.05, 0) is 49.1 Å². The van der Waals surface area contributed by atoms with Crippen LogP contribution in [0.15, 0.2) is 54.6 Å². The first-order chi connectivity index (χ1) is 14.7. The Morgan fingerprint density at radius 3 is 2.57 bits per heavy atom. The van der Waals surface area contributed by atoms with Crippen molar-refractivity contribution in [3.8, 4) is 0 Å². The van der Waals surface area contributed by atoms with Crippen molar-refractivity contribution in [1.82, 2.24) is 15.1 Å². The average Bonchev–Trinajstić information content (AvgIpc) is 3.18. The third kappa shape index (κ3) is 5.28. The summed E-state index contributed by atoms with van der Waals surface area (Å²) in [6.07, 6.45) is 5.12. The van der Waals surface area contributed by atoms with Gasteiger partial charge in [-0.3, -0.25) is 14.5 Å². The van der Waals surface area contributed by atoms with E-state index in [1.165, 1.54) is 18.4 Å². The quantitative estimate of drug-likeness (QED) is 0.766. The lowest BCUT2D eigenvalue weighted by Crippen LogP contribution is -2.46. The van der Waals surface area contributed by atoms with Gasteiger partial charge in [-0.1, -0.05) is 48.9 Å². The van der Waals surface area contributed by atoms with Crippen LogP contribution >= 0.6 is 0 Å². The maximum Gasteiger partial charge on any atom is 0.251 e. The smallest absolute Gasteiger partial charge is 0.251 e. The summed E-state index contributed by atoms with van der Waals surface area (Å²) in [7, 11) is 0. The van der Waals surface area contributed by atoms with Crippen molar-refractivity contribution in [3.05, 3.63) is 71.3 Å². The molecule has 5 nitrogen and oxygen atoms in total. The number of carbonyl (C=O) groups excluding carboxylic acids is 2. The molecule has 1 N–H and O–H groups in total. The van der Waals surface area contributed by atoms with Crippen LogP contribution in [-0.2, 0) is 17.9 Å². The number of rotatable bonds is 7. The van der Waals surface area contributed by atoms with Crippen LogP contribution < -0.4 is 5.32 Å². The van der Waals surface area contributed by atoms with E-state index in [1.807, 2.05) is 35.2 Å². The molecule has 0 bridgehead atoms. The number of hydrogen-bond acceptors (Lipinski definition) is 3. The minimum atomic E-state index is -0.0326. The molecule has 0 saturated carbocycles. The van der Waals surface area contributed by atoms with Gasteiger partial charge < -0.3 is 10.2 Å². The van der Waals surface area contributed by atoms with Crippen LogP contribution in [0, 0.1) is 0 Å². The van der Waals surface area contributed by atoms with E-state index in [2.05, 4.69) is 34.5 Å². The number of likely N-dealkylation sites (tertiary alicyclic amines) is 2. The lowest BCUT2D eigenvalue weighted by Gasteiger charge is -2.36. The van der Waals surface area contributed by atoms with Gasteiger partial charge in [0.15, 0.2) is 0 Å². The largest absolute Gasteiger partial charge is 0.350 e. The zero-order chi connectivity index (χ0) is 20.8. The molecule has 2 aliphatic heterocycles. The van der Waals surface area contributed by atoms with Gasteiger partial charge in [0.1, 0.15) is 0 Å². The van der Waals surface area contributed by atoms with Crippen LogP contribution in [0.2, 0.25) is 0 Å². The zero-order valence-corrected chi connectivity index (χ0v) is 17.6. The van der Waals surface area contributed by atoms with Crippen molar-refractivity contribution >= 4 is 11.8 Å². The van der Waals surface area contributed by atoms with Gasteiger partial charge >= 0.3 is 0 Å². The highest BCUT2D eigenvalue weighted by Crippen LogP contribution is 2.20. The van der Waals surface area contributed by atoms with Gasteiger partial charge in [0.25, 0.3) is 5.91 Å². The van der Waals surface area contributed by atoms with Gasteiger partial charge in [0.2, 0.25) is 5.91 Å². The fourth-order valence-electron chi connectivity index (χ4n) is 4.53. The molecule has 4 rings (SSSR count). The highest BCUT2D eigenvalue weighted by Gasteiger charge is 2.23. The summed E-state index contributed by atoms with van der Waals surface area (Å²) in [6, 6.07) is 18.6. The van der Waals surface area contributed by atoms with E-state index in [1.54, 1.807) is 0 Å². The highest BCUT2D eigenvalue weighted by molar-refractivity contribution is 5.94. The fourth-order valence-corrected chi connectivity index (χ4v) is 4.53. The highest BCUT2D eigenvalue weighted by atomic mass is 16.2. The molecule has 1 atom stereocenters. The molecular weight excluding hydrogens is 374 g/mol. The number of benzene rings is 2. The van der Waals surface area contributed by atoms with E-state index in [0.29, 0.717) is 31.1 Å². The predicted molar refractivity (Wildman–Crippen MR) is 118 cm³/mol. The Bertz CT molecular complexity index is 868. The van der Waals surface area contributed by atoms with Crippen molar-refractivity contribution in [2.45, 2.75) is 51.2 Å². The average molecular weight is 406 g/mol. The van der Waals surface area contributed by atoms with E-state index in [9.17, 15) is 9.59 Å². The molecule has 2 aliphatic rings. The minimum Gasteiger partial charge on any atom is -0.350 e. The summed E-state index contributed by atoms with van der Waals surface area (Å²) in [5, 5.41) is 3.15. The molecule has 158 valence electrons. The molecule has 2 amide bonds. The molecule has 5 heteroatoms. The van der Waals surface area contributed by atoms with Crippen molar-refractivity contribution in [2.24, 2.45) is 0 Å². The topological polar surface area (TPSA) is 52.7 Å². The van der Waals surface area contributed by atoms with Crippen LogP contribution in [0.5, 0.6) is 0 Å². The Hall–Kier alpha value is -2.66. The predicted octanol–water partition coefficient (Wildman–Crippen LogP) is 3.59. The van der Waals surface area contributed by atoms with E-state index in [4.69, 9.17) is 0 Å². The number of piperidine rings is 1. The second-order valence-corrected chi connectivity index (χ2v) is 8.43. The first kappa shape index (κ1) is 20.6. The summed E-state index contributed by atoms with van der Waals surface area (Å²) < 4.78 is 0. The molecule has 0 radical (unpaired) electrons. The molecule has 0 spiro atoms. The third-order valence-corrected chi connectivity index (χ3v) is 6.21. The van der Waals surface area contributed by atoms with Gasteiger partial charge in [0.05, 0.1) is 0 Å². The van der Waals surface area contributed by atoms with Gasteiger partial charge in [-0.2, -0.15) is 0 Å². The lowest BCUT2D eigenvalue weighted by atomic mass is 10.0. The molecular formula is C25H31N3O2. The summed E-state index contributed by atoms with van der Waals surface area (Å²) in [6.45, 7) is 4.08. The molecule has 0 aromatic heterocycles.